The number of aryl methyl sites for hydroxylation is 2. The maximum Gasteiger partial charge on any atom is 0.0524 e. The van der Waals surface area contributed by atoms with Crippen molar-refractivity contribution in [3.8, 4) is 0 Å². The van der Waals surface area contributed by atoms with E-state index >= 15 is 0 Å². The molecule has 2 heterocycles. The van der Waals surface area contributed by atoms with Gasteiger partial charge in [-0.3, -0.25) is 4.99 Å². The number of hydrogen-bond acceptors (Lipinski definition) is 3. The summed E-state index contributed by atoms with van der Waals surface area (Å²) in [5.74, 6) is 0. The molecule has 0 bridgehead atoms. The lowest BCUT2D eigenvalue weighted by molar-refractivity contribution is 0.442. The lowest BCUT2D eigenvalue weighted by atomic mass is 9.98. The van der Waals surface area contributed by atoms with Crippen molar-refractivity contribution in [1.29, 1.82) is 0 Å². The number of hydrogen-bond donors (Lipinski definition) is 1. The van der Waals surface area contributed by atoms with Crippen molar-refractivity contribution in [1.82, 2.24) is 9.88 Å². The lowest BCUT2D eigenvalue weighted by Crippen LogP contribution is -2.52. The van der Waals surface area contributed by atoms with E-state index in [0.29, 0.717) is 5.54 Å². The van der Waals surface area contributed by atoms with Crippen molar-refractivity contribution in [3.63, 3.8) is 0 Å². The predicted octanol–water partition coefficient (Wildman–Crippen LogP) is 4.27. The van der Waals surface area contributed by atoms with E-state index < -0.39 is 0 Å². The van der Waals surface area contributed by atoms with Crippen LogP contribution in [-0.2, 0) is 7.05 Å². The van der Waals surface area contributed by atoms with Crippen LogP contribution in [0.1, 0.15) is 29.5 Å². The largest absolute Gasteiger partial charge is 0.368 e. The number of aliphatic imine (C=N–C) groups is 1. The smallest absolute Gasteiger partial charge is 0.0524 e. The molecule has 4 nitrogen and oxygen atoms in total. The summed E-state index contributed by atoms with van der Waals surface area (Å²) < 4.78 is 2.32. The average Bonchev–Trinajstić information content (AvgIpc) is 3.38. The third kappa shape index (κ3) is 2.51. The molecule has 144 valence electrons. The second-order valence-corrected chi connectivity index (χ2v) is 8.38. The zero-order valence-corrected chi connectivity index (χ0v) is 17.0. The fourth-order valence-corrected chi connectivity index (χ4v) is 5.01. The number of rotatable bonds is 3. The molecule has 1 N–H and O–H groups in total. The van der Waals surface area contributed by atoms with Gasteiger partial charge in [0.25, 0.3) is 0 Å². The maximum absolute atomic E-state index is 4.27. The first-order valence-corrected chi connectivity index (χ1v) is 10.2. The Hall–Kier alpha value is -2.59. The van der Waals surface area contributed by atoms with Crippen molar-refractivity contribution in [2.24, 2.45) is 12.0 Å². The Bertz CT molecular complexity index is 1130. The molecule has 2 aromatic carbocycles. The van der Waals surface area contributed by atoms with Gasteiger partial charge in [-0.1, -0.05) is 12.7 Å². The number of anilines is 1. The number of nitrogens with one attached hydrogen (secondary N) is 1. The molecule has 1 aliphatic carbocycles. The quantitative estimate of drug-likeness (QED) is 0.696. The van der Waals surface area contributed by atoms with Gasteiger partial charge in [0.15, 0.2) is 0 Å². The third-order valence-corrected chi connectivity index (χ3v) is 6.66. The van der Waals surface area contributed by atoms with Crippen LogP contribution in [0.2, 0.25) is 0 Å². The number of aromatic nitrogens is 1. The Morgan fingerprint density at radius 3 is 2.75 bits per heavy atom. The summed E-state index contributed by atoms with van der Waals surface area (Å²) in [4.78, 5) is 6.83. The molecule has 1 saturated heterocycles. The summed E-state index contributed by atoms with van der Waals surface area (Å²) >= 11 is 0. The molecule has 1 saturated carbocycles. The van der Waals surface area contributed by atoms with E-state index in [-0.39, 0.29) is 0 Å². The molecule has 5 rings (SSSR count). The molecule has 2 fully saturated rings. The van der Waals surface area contributed by atoms with E-state index in [1.54, 1.807) is 0 Å². The summed E-state index contributed by atoms with van der Waals surface area (Å²) in [6.07, 6.45) is 6.51. The molecule has 0 atom stereocenters. The average molecular weight is 373 g/mol. The van der Waals surface area contributed by atoms with Crippen molar-refractivity contribution < 1.29 is 0 Å². The van der Waals surface area contributed by atoms with Gasteiger partial charge in [0, 0.05) is 73.0 Å². The van der Waals surface area contributed by atoms with E-state index in [0.717, 1.165) is 25.2 Å². The van der Waals surface area contributed by atoms with Gasteiger partial charge < -0.3 is 14.8 Å². The first-order chi connectivity index (χ1) is 13.6. The van der Waals surface area contributed by atoms with Crippen molar-refractivity contribution in [2.45, 2.75) is 25.3 Å². The minimum absolute atomic E-state index is 0.381. The van der Waals surface area contributed by atoms with Crippen LogP contribution in [0.3, 0.4) is 0 Å². The molecular formula is C24H28N4. The minimum Gasteiger partial charge on any atom is -0.368 e. The third-order valence-electron chi connectivity index (χ3n) is 6.66. The van der Waals surface area contributed by atoms with Crippen molar-refractivity contribution >= 4 is 39.8 Å². The molecule has 3 aromatic rings. The summed E-state index contributed by atoms with van der Waals surface area (Å²) in [5, 5.41) is 6.33. The Morgan fingerprint density at radius 2 is 2.04 bits per heavy atom. The highest BCUT2D eigenvalue weighted by Crippen LogP contribution is 2.40. The standard InChI is InChI=1S/C24H28N4/c1-5-19-16(2)23-21(12-17(19)14-25-3)20-13-18(6-7-22(20)27(23)4)28-11-10-26-24(15-28)8-9-24/h5-7,12-14,26H,1,8-11,15H2,2-4H3. The van der Waals surface area contributed by atoms with Crippen LogP contribution in [0.5, 0.6) is 0 Å². The van der Waals surface area contributed by atoms with Gasteiger partial charge in [0.05, 0.1) is 5.52 Å². The van der Waals surface area contributed by atoms with Crippen LogP contribution in [0.4, 0.5) is 5.69 Å². The summed E-state index contributed by atoms with van der Waals surface area (Å²) in [7, 11) is 3.99. The molecule has 4 heteroatoms. The Morgan fingerprint density at radius 1 is 1.21 bits per heavy atom. The Balaban J connectivity index is 1.72. The van der Waals surface area contributed by atoms with Crippen LogP contribution >= 0.6 is 0 Å². The molecule has 2 aliphatic rings. The van der Waals surface area contributed by atoms with E-state index in [1.807, 2.05) is 19.3 Å². The Labute approximate surface area is 166 Å². The SMILES string of the molecule is C=Cc1c(C=NC)cc2c3cc(N4CCNC5(CC5)C4)ccc3n(C)c2c1C. The topological polar surface area (TPSA) is 32.6 Å². The fourth-order valence-electron chi connectivity index (χ4n) is 5.01. The van der Waals surface area contributed by atoms with Gasteiger partial charge in [-0.25, -0.2) is 0 Å². The van der Waals surface area contributed by atoms with Crippen LogP contribution < -0.4 is 10.2 Å². The van der Waals surface area contributed by atoms with Crippen LogP contribution in [0.15, 0.2) is 35.8 Å². The van der Waals surface area contributed by atoms with Gasteiger partial charge in [-0.2, -0.15) is 0 Å². The van der Waals surface area contributed by atoms with Gasteiger partial charge in [0.1, 0.15) is 0 Å². The lowest BCUT2D eigenvalue weighted by Gasteiger charge is -2.35. The van der Waals surface area contributed by atoms with E-state index in [1.165, 1.54) is 51.5 Å². The van der Waals surface area contributed by atoms with Crippen LogP contribution in [0, 0.1) is 6.92 Å². The normalized spacial score (nSPS) is 18.6. The first kappa shape index (κ1) is 17.5. The Kier molecular flexibility index (Phi) is 3.88. The second kappa shape index (κ2) is 6.21. The zero-order valence-electron chi connectivity index (χ0n) is 17.0. The fraction of sp³-hybridized carbons (Fsp3) is 0.375. The number of benzene rings is 2. The van der Waals surface area contributed by atoms with E-state index in [2.05, 4.69) is 64.6 Å². The summed E-state index contributed by atoms with van der Waals surface area (Å²) in [6.45, 7) is 9.50. The van der Waals surface area contributed by atoms with Crippen LogP contribution in [0.25, 0.3) is 27.9 Å². The highest BCUT2D eigenvalue weighted by Gasteiger charge is 2.45. The van der Waals surface area contributed by atoms with Crippen molar-refractivity contribution in [2.75, 3.05) is 31.6 Å². The predicted molar refractivity (Wildman–Crippen MR) is 121 cm³/mol. The summed E-state index contributed by atoms with van der Waals surface area (Å²) in [6, 6.07) is 9.24. The number of piperazine rings is 1. The highest BCUT2D eigenvalue weighted by atomic mass is 15.2. The van der Waals surface area contributed by atoms with Gasteiger partial charge in [-0.05, 0) is 55.2 Å². The van der Waals surface area contributed by atoms with E-state index in [9.17, 15) is 0 Å². The molecule has 0 unspecified atom stereocenters. The molecule has 28 heavy (non-hydrogen) atoms. The van der Waals surface area contributed by atoms with Crippen LogP contribution in [-0.4, -0.2) is 43.0 Å². The maximum atomic E-state index is 4.27. The van der Waals surface area contributed by atoms with Gasteiger partial charge in [-0.15, -0.1) is 0 Å². The number of fused-ring (bicyclic) bond motifs is 3. The monoisotopic (exact) mass is 372 g/mol. The van der Waals surface area contributed by atoms with Crippen molar-refractivity contribution in [3.05, 3.63) is 47.5 Å². The highest BCUT2D eigenvalue weighted by molar-refractivity contribution is 6.12. The molecule has 1 spiro atoms. The molecule has 0 radical (unpaired) electrons. The summed E-state index contributed by atoms with van der Waals surface area (Å²) in [5.41, 5.74) is 7.85. The molecule has 1 aromatic heterocycles. The molecule has 1 aliphatic heterocycles. The second-order valence-electron chi connectivity index (χ2n) is 8.38. The van der Waals surface area contributed by atoms with E-state index in [4.69, 9.17) is 0 Å². The molecule has 0 amide bonds. The molecular weight excluding hydrogens is 344 g/mol. The van der Waals surface area contributed by atoms with Gasteiger partial charge >= 0.3 is 0 Å². The number of nitrogens with zero attached hydrogens (tertiary/aromatic N) is 3. The minimum atomic E-state index is 0.381. The van der Waals surface area contributed by atoms with Gasteiger partial charge in [0.2, 0.25) is 0 Å². The zero-order chi connectivity index (χ0) is 19.5. The first-order valence-electron chi connectivity index (χ1n) is 10.2.